The van der Waals surface area contributed by atoms with E-state index in [1.54, 1.807) is 57.4 Å². The number of piperidine rings is 1. The second-order valence-corrected chi connectivity index (χ2v) is 39.4. The molecule has 134 heavy (non-hydrogen) atoms. The number of carbonyl (C=O) groups excluding carboxylic acids is 8. The normalized spacial score (nSPS) is 20.9. The van der Waals surface area contributed by atoms with Gasteiger partial charge < -0.3 is 99.1 Å². The Hall–Kier alpha value is -13.9. The summed E-state index contributed by atoms with van der Waals surface area (Å²) in [4.78, 5) is 145. The number of rotatable bonds is 24. The number of aromatic nitrogens is 8. The first-order valence-electron chi connectivity index (χ1n) is 44.6. The quantitative estimate of drug-likeness (QED) is 0.0411. The lowest BCUT2D eigenvalue weighted by Gasteiger charge is -2.48. The summed E-state index contributed by atoms with van der Waals surface area (Å²) in [5, 5.41) is 25.4. The molecule has 47 heteroatoms. The number of amides is 8. The molecular formula is C87H105N29O16S2. The average molecular weight is 1880 g/mol. The lowest BCUT2D eigenvalue weighted by molar-refractivity contribution is -0.136. The number of piperazine rings is 4. The maximum Gasteiger partial charge on any atom is 0.254 e. The van der Waals surface area contributed by atoms with Crippen molar-refractivity contribution in [1.29, 1.82) is 0 Å². The van der Waals surface area contributed by atoms with Gasteiger partial charge in [0.1, 0.15) is 79.2 Å². The number of nitrogens with one attached hydrogen (secondary N) is 8. The first kappa shape index (κ1) is 90.6. The van der Waals surface area contributed by atoms with E-state index in [-0.39, 0.29) is 108 Å². The van der Waals surface area contributed by atoms with Gasteiger partial charge in [0.2, 0.25) is 67.5 Å². The Balaban J connectivity index is 0.000000120. The molecule has 4 aliphatic carbocycles. The number of fused-ring (bicyclic) bond motifs is 12. The predicted molar refractivity (Wildman–Crippen MR) is 496 cm³/mol. The molecule has 706 valence electrons. The van der Waals surface area contributed by atoms with Gasteiger partial charge in [-0.05, 0) is 127 Å². The van der Waals surface area contributed by atoms with Crippen LogP contribution in [0.4, 0.5) is 92.6 Å². The van der Waals surface area contributed by atoms with Crippen LogP contribution in [0.15, 0.2) is 97.6 Å². The van der Waals surface area contributed by atoms with Gasteiger partial charge in [0.15, 0.2) is 0 Å². The number of nitrogens with two attached hydrogens (primary N) is 4. The standard InChI is InChI=1S/C25H34N8O4S.C21H25N7O5S.C21H23N7O4.C20H23N7O3/c1-38(35,36)32-8-6-18(7-9-32)31-10-11-33-19(14-31)15-37-22-12-17(4-5-21(22)33)29-25-27-13-20(23(26)34)24(30-25)28-16-2-3-16;1-2-34(31,32)27-9-14-11-33-17-7-13(5-6-16(17)28(14)18(29)10-27)25-21-23-8-15(19(22)30)20(26-21)24-12-3-4-12;1-11(29)27-8-14-10-32-17-6-13(4-5-16(17)28(14)18(30)9-27)25-21-23-7-15(19(22)31)20(26-21)24-12-2-3-12;1-26-8-13-10-30-16-6-12(4-5-15(16)27(13)17(28)9-26)24-20-22-7-14(18(21)29)19(25-20)23-11-2-3-11/h4-5,12-13,16,18-19H,2-3,6-11,14-15H2,1H3,(H2,26,34)(H2,27,28,29,30);5-8,12,14H,2-4,9-11H2,1H3,(H2,22,30)(H2,23,24,25,26);4-7,12,14H,2-3,8-10H2,1H3,(H2,22,31)(H2,23,24,25,26);4-7,11,13H,2-3,8-10H2,1H3,(H2,21,29)(H2,22,23,24,25). The van der Waals surface area contributed by atoms with Crippen molar-refractivity contribution >= 4 is 160 Å². The lowest BCUT2D eigenvalue weighted by atomic mass is 10.0. The number of primary amides is 4. The molecule has 13 heterocycles. The third-order valence-electron chi connectivity index (χ3n) is 25.0. The number of sulfonamides is 2. The Kier molecular flexibility index (Phi) is 25.5. The van der Waals surface area contributed by atoms with Crippen molar-refractivity contribution in [2.45, 2.75) is 132 Å². The zero-order valence-corrected chi connectivity index (χ0v) is 75.7. The fourth-order valence-electron chi connectivity index (χ4n) is 17.4. The van der Waals surface area contributed by atoms with Crippen LogP contribution in [-0.2, 0) is 39.2 Å². The monoisotopic (exact) mass is 1880 g/mol. The first-order valence-corrected chi connectivity index (χ1v) is 48.0. The lowest BCUT2D eigenvalue weighted by Crippen LogP contribution is -2.61. The van der Waals surface area contributed by atoms with Gasteiger partial charge in [-0.15, -0.1) is 0 Å². The van der Waals surface area contributed by atoms with E-state index < -0.39 is 49.7 Å². The Morgan fingerprint density at radius 3 is 1.11 bits per heavy atom. The molecule has 5 saturated heterocycles. The van der Waals surface area contributed by atoms with Crippen molar-refractivity contribution in [3.05, 3.63) is 120 Å². The van der Waals surface area contributed by atoms with E-state index in [1.165, 1.54) is 47.2 Å². The molecule has 4 aromatic carbocycles. The molecule has 45 nitrogen and oxygen atoms in total. The smallest absolute Gasteiger partial charge is 0.254 e. The summed E-state index contributed by atoms with van der Waals surface area (Å²) in [6, 6.07) is 23.4. The first-order chi connectivity index (χ1) is 64.3. The Morgan fingerprint density at radius 1 is 0.410 bits per heavy atom. The number of ether oxygens (including phenoxy) is 4. The van der Waals surface area contributed by atoms with E-state index in [0.29, 0.717) is 151 Å². The number of hydrogen-bond acceptors (Lipinski definition) is 35. The van der Waals surface area contributed by atoms with Crippen LogP contribution < -0.4 is 104 Å². The molecule has 9 aliphatic heterocycles. The average Bonchev–Trinajstić information content (AvgIpc) is 1.67. The molecule has 4 atom stereocenters. The van der Waals surface area contributed by atoms with Gasteiger partial charge in [-0.3, -0.25) is 58.0 Å². The van der Waals surface area contributed by atoms with E-state index in [9.17, 15) is 55.2 Å². The molecule has 16 N–H and O–H groups in total. The van der Waals surface area contributed by atoms with Gasteiger partial charge in [-0.2, -0.15) is 24.2 Å². The number of hydrogen-bond donors (Lipinski definition) is 12. The van der Waals surface area contributed by atoms with Crippen LogP contribution in [0.25, 0.3) is 0 Å². The van der Waals surface area contributed by atoms with Crippen molar-refractivity contribution in [1.82, 2.24) is 63.2 Å². The van der Waals surface area contributed by atoms with Crippen LogP contribution in [0.2, 0.25) is 0 Å². The van der Waals surface area contributed by atoms with Crippen molar-refractivity contribution in [2.75, 3.05) is 180 Å². The minimum atomic E-state index is -3.47. The third-order valence-corrected chi connectivity index (χ3v) is 28.1. The second-order valence-electron chi connectivity index (χ2n) is 35.2. The number of likely N-dealkylation sites (N-methyl/N-ethyl adjacent to an activating group) is 1. The summed E-state index contributed by atoms with van der Waals surface area (Å²) in [5.41, 5.74) is 28.7. The Morgan fingerprint density at radius 2 is 0.754 bits per heavy atom. The maximum absolute atomic E-state index is 12.8. The highest BCUT2D eigenvalue weighted by atomic mass is 32.2. The van der Waals surface area contributed by atoms with Gasteiger partial charge in [-0.25, -0.2) is 41.1 Å². The Labute approximate surface area is 771 Å². The fraction of sp³-hybridized carbons (Fsp3) is 0.448. The van der Waals surface area contributed by atoms with E-state index in [0.717, 1.165) is 119 Å². The minimum absolute atomic E-state index is 0.0169. The summed E-state index contributed by atoms with van der Waals surface area (Å²) in [6.45, 7) is 10.1. The van der Waals surface area contributed by atoms with Crippen molar-refractivity contribution in [3.63, 3.8) is 0 Å². The van der Waals surface area contributed by atoms with Gasteiger partial charge in [0.05, 0.1) is 94.3 Å². The molecule has 13 aliphatic rings. The minimum Gasteiger partial charge on any atom is -0.489 e. The summed E-state index contributed by atoms with van der Waals surface area (Å²) in [7, 11) is -4.64. The molecule has 0 bridgehead atoms. The highest BCUT2D eigenvalue weighted by Gasteiger charge is 2.45. The highest BCUT2D eigenvalue weighted by molar-refractivity contribution is 7.89. The van der Waals surface area contributed by atoms with Gasteiger partial charge >= 0.3 is 0 Å². The van der Waals surface area contributed by atoms with Crippen molar-refractivity contribution < 1.29 is 74.1 Å². The van der Waals surface area contributed by atoms with Crippen LogP contribution in [0.1, 0.15) is 119 Å². The summed E-state index contributed by atoms with van der Waals surface area (Å²) < 4.78 is 74.9. The summed E-state index contributed by atoms with van der Waals surface area (Å²) in [6.07, 6.45) is 16.9. The topological polar surface area (TPSA) is 574 Å². The molecule has 8 amide bonds. The zero-order valence-electron chi connectivity index (χ0n) is 74.1. The summed E-state index contributed by atoms with van der Waals surface area (Å²) in [5.74, 6) is 2.60. The molecule has 0 radical (unpaired) electrons. The molecule has 4 aromatic heterocycles. The van der Waals surface area contributed by atoms with Crippen LogP contribution in [0, 0.1) is 0 Å². The van der Waals surface area contributed by atoms with Crippen LogP contribution in [0.3, 0.4) is 0 Å². The molecule has 8 aromatic rings. The molecule has 21 rings (SSSR count). The predicted octanol–water partition coefficient (Wildman–Crippen LogP) is 3.64. The number of carbonyl (C=O) groups is 8. The van der Waals surface area contributed by atoms with Crippen LogP contribution >= 0.6 is 0 Å². The van der Waals surface area contributed by atoms with Crippen molar-refractivity contribution in [2.24, 2.45) is 22.9 Å². The SMILES string of the molecule is CC(=O)N1CC(=O)N2c3ccc(Nc4ncc(C(N)=O)c(NC5CC5)n4)cc3OCC2C1.CCS(=O)(=O)N1CC(=O)N2c3ccc(Nc4ncc(C(N)=O)c(NC5CC5)n4)cc3OCC2C1.CN1CC(=O)N2c3ccc(Nc4ncc(C(N)=O)c(NC5CC5)n4)cc3OCC2C1.CS(=O)(=O)N1CCC(N2CCN3c4ccc(Nc5ncc(C(N)=O)c(NC6CC6)n5)cc4OCC3C2)CC1. The zero-order chi connectivity index (χ0) is 93.7. The molecule has 0 spiro atoms. The van der Waals surface area contributed by atoms with E-state index in [1.807, 2.05) is 47.2 Å². The van der Waals surface area contributed by atoms with Crippen LogP contribution in [-0.4, -0.2) is 299 Å². The fourth-order valence-corrected chi connectivity index (χ4v) is 19.4. The van der Waals surface area contributed by atoms with Gasteiger partial charge in [0, 0.05) is 161 Å². The Bertz CT molecular complexity index is 6200. The molecule has 4 saturated carbocycles. The largest absolute Gasteiger partial charge is 0.489 e. The second kappa shape index (κ2) is 37.6. The van der Waals surface area contributed by atoms with Crippen LogP contribution in [0.5, 0.6) is 23.0 Å². The third kappa shape index (κ3) is 20.6. The van der Waals surface area contributed by atoms with Gasteiger partial charge in [0.25, 0.3) is 23.6 Å². The van der Waals surface area contributed by atoms with Gasteiger partial charge in [-0.1, -0.05) is 0 Å². The number of nitrogens with zero attached hydrogens (tertiary/aromatic N) is 17. The summed E-state index contributed by atoms with van der Waals surface area (Å²) >= 11 is 0. The maximum atomic E-state index is 12.8. The number of anilines is 16. The molecular weight excluding hydrogens is 1770 g/mol. The number of benzene rings is 4. The van der Waals surface area contributed by atoms with E-state index >= 15 is 0 Å². The van der Waals surface area contributed by atoms with E-state index in [2.05, 4.69) is 98.3 Å². The van der Waals surface area contributed by atoms with E-state index in [4.69, 9.17) is 41.9 Å². The molecule has 9 fully saturated rings. The molecule has 4 unspecified atom stereocenters. The highest BCUT2D eigenvalue weighted by Crippen LogP contribution is 2.45. The van der Waals surface area contributed by atoms with Crippen molar-refractivity contribution in [3.8, 4) is 23.0 Å².